The molecule has 0 spiro atoms. The Balaban J connectivity index is 1.74. The number of carboxylic acids is 2. The molecule has 184 valence electrons. The van der Waals surface area contributed by atoms with Gasteiger partial charge in [-0.2, -0.15) is 0 Å². The van der Waals surface area contributed by atoms with Crippen LogP contribution in [0.2, 0.25) is 10.0 Å². The Hall–Kier alpha value is -3.66. The maximum absolute atomic E-state index is 13.0. The van der Waals surface area contributed by atoms with Gasteiger partial charge < -0.3 is 24.4 Å². The number of amides is 1. The number of hydrogen-bond donors (Lipinski definition) is 3. The number of carbonyl (C=O) groups excluding carboxylic acids is 1. The lowest BCUT2D eigenvalue weighted by Crippen LogP contribution is -2.23. The highest BCUT2D eigenvalue weighted by atomic mass is 35.5. The number of nitrogens with one attached hydrogen (secondary N) is 1. The summed E-state index contributed by atoms with van der Waals surface area (Å²) in [6.45, 7) is -0.740. The van der Waals surface area contributed by atoms with E-state index in [1.165, 1.54) is 15.1 Å². The third kappa shape index (κ3) is 6.12. The Labute approximate surface area is 220 Å². The molecule has 4 rings (SSSR count). The van der Waals surface area contributed by atoms with Crippen molar-refractivity contribution in [2.75, 3.05) is 16.2 Å². The van der Waals surface area contributed by atoms with Crippen LogP contribution in [0.4, 0.5) is 11.4 Å². The van der Waals surface area contributed by atoms with Crippen LogP contribution >= 0.6 is 35.1 Å². The number of rotatable bonds is 9. The van der Waals surface area contributed by atoms with Gasteiger partial charge in [-0.3, -0.25) is 14.4 Å². The van der Waals surface area contributed by atoms with E-state index in [4.69, 9.17) is 23.2 Å². The van der Waals surface area contributed by atoms with Crippen molar-refractivity contribution in [3.05, 3.63) is 88.5 Å². The van der Waals surface area contributed by atoms with Crippen molar-refractivity contribution in [3.8, 4) is 0 Å². The van der Waals surface area contributed by atoms with Crippen molar-refractivity contribution in [2.45, 2.75) is 11.4 Å². The van der Waals surface area contributed by atoms with Gasteiger partial charge in [0.15, 0.2) is 0 Å². The van der Waals surface area contributed by atoms with Crippen LogP contribution in [0.15, 0.2) is 77.8 Å². The molecule has 1 aromatic heterocycles. The summed E-state index contributed by atoms with van der Waals surface area (Å²) in [5.74, 6) is -2.55. The number of para-hydroxylation sites is 1. The highest BCUT2D eigenvalue weighted by Crippen LogP contribution is 2.35. The highest BCUT2D eigenvalue weighted by Gasteiger charge is 2.20. The molecule has 36 heavy (non-hydrogen) atoms. The summed E-state index contributed by atoms with van der Waals surface area (Å²) in [7, 11) is 0. The first-order chi connectivity index (χ1) is 17.2. The van der Waals surface area contributed by atoms with E-state index >= 15 is 0 Å². The van der Waals surface area contributed by atoms with Crippen LogP contribution in [-0.4, -0.2) is 39.2 Å². The van der Waals surface area contributed by atoms with Crippen molar-refractivity contribution in [1.29, 1.82) is 0 Å². The summed E-state index contributed by atoms with van der Waals surface area (Å²) >= 11 is 13.3. The zero-order valence-electron chi connectivity index (χ0n) is 18.5. The molecule has 4 aromatic rings. The molecule has 0 fully saturated rings. The first kappa shape index (κ1) is 25.4. The predicted molar refractivity (Wildman–Crippen MR) is 141 cm³/mol. The minimum Gasteiger partial charge on any atom is -0.480 e. The molecule has 11 heteroatoms. The van der Waals surface area contributed by atoms with Gasteiger partial charge in [-0.05, 0) is 60.5 Å². The number of carboxylic acid groups (broad SMARTS) is 2. The van der Waals surface area contributed by atoms with Gasteiger partial charge in [-0.1, -0.05) is 41.4 Å². The van der Waals surface area contributed by atoms with Crippen LogP contribution in [0.1, 0.15) is 10.4 Å². The summed E-state index contributed by atoms with van der Waals surface area (Å²) in [5, 5.41) is 23.0. The van der Waals surface area contributed by atoms with Gasteiger partial charge in [0.2, 0.25) is 0 Å². The van der Waals surface area contributed by atoms with E-state index in [1.807, 2.05) is 6.07 Å². The molecular formula is C25H19Cl2N3O5S. The molecule has 0 aliphatic rings. The number of hydrogen-bond acceptors (Lipinski definition) is 5. The number of carbonyl (C=O) groups is 3. The Kier molecular flexibility index (Phi) is 7.73. The molecule has 3 N–H and O–H groups in total. The molecule has 0 saturated carbocycles. The number of benzene rings is 3. The lowest BCUT2D eigenvalue weighted by Gasteiger charge is -2.22. The fourth-order valence-electron chi connectivity index (χ4n) is 3.62. The zero-order chi connectivity index (χ0) is 25.8. The van der Waals surface area contributed by atoms with Crippen LogP contribution in [0.5, 0.6) is 0 Å². The van der Waals surface area contributed by atoms with Crippen molar-refractivity contribution < 1.29 is 24.6 Å². The molecule has 0 aliphatic carbocycles. The van der Waals surface area contributed by atoms with E-state index in [0.717, 1.165) is 11.9 Å². The third-order valence-electron chi connectivity index (χ3n) is 5.07. The SMILES string of the molecule is O=C(O)CN(Sc1cc(Cl)cc(Cl)c1)c1ccc2c(C(=O)Nc3ccccc3)cn(CC(=O)O)c2c1. The smallest absolute Gasteiger partial charge is 0.324 e. The molecule has 1 heterocycles. The van der Waals surface area contributed by atoms with Gasteiger partial charge >= 0.3 is 11.9 Å². The summed E-state index contributed by atoms with van der Waals surface area (Å²) in [4.78, 5) is 36.8. The van der Waals surface area contributed by atoms with Crippen molar-refractivity contribution in [2.24, 2.45) is 0 Å². The fraction of sp³-hybridized carbons (Fsp3) is 0.0800. The largest absolute Gasteiger partial charge is 0.480 e. The summed E-state index contributed by atoms with van der Waals surface area (Å²) in [6.07, 6.45) is 1.48. The van der Waals surface area contributed by atoms with E-state index in [9.17, 15) is 24.6 Å². The predicted octanol–water partition coefficient (Wildman–Crippen LogP) is 5.88. The lowest BCUT2D eigenvalue weighted by atomic mass is 10.1. The van der Waals surface area contributed by atoms with Crippen LogP contribution in [0.25, 0.3) is 10.9 Å². The topological polar surface area (TPSA) is 112 Å². The second kappa shape index (κ2) is 10.9. The molecule has 1 amide bonds. The molecule has 8 nitrogen and oxygen atoms in total. The maximum Gasteiger partial charge on any atom is 0.324 e. The van der Waals surface area contributed by atoms with E-state index < -0.39 is 17.8 Å². The van der Waals surface area contributed by atoms with Crippen LogP contribution < -0.4 is 9.62 Å². The Bertz CT molecular complexity index is 1440. The summed E-state index contributed by atoms with van der Waals surface area (Å²) < 4.78 is 2.96. The average molecular weight is 544 g/mol. The molecule has 3 aromatic carbocycles. The van der Waals surface area contributed by atoms with E-state index in [2.05, 4.69) is 5.32 Å². The number of fused-ring (bicyclic) bond motifs is 1. The second-order valence-electron chi connectivity index (χ2n) is 7.71. The summed E-state index contributed by atoms with van der Waals surface area (Å²) in [5.41, 5.74) is 1.85. The molecule has 0 unspecified atom stereocenters. The minimum atomic E-state index is -1.09. The first-order valence-corrected chi connectivity index (χ1v) is 12.1. The van der Waals surface area contributed by atoms with Crippen molar-refractivity contribution in [1.82, 2.24) is 4.57 Å². The van der Waals surface area contributed by atoms with Crippen molar-refractivity contribution >= 4 is 75.3 Å². The third-order valence-corrected chi connectivity index (χ3v) is 6.51. The van der Waals surface area contributed by atoms with Crippen molar-refractivity contribution in [3.63, 3.8) is 0 Å². The zero-order valence-corrected chi connectivity index (χ0v) is 20.8. The molecule has 0 atom stereocenters. The van der Waals surface area contributed by atoms with Gasteiger partial charge in [0.05, 0.1) is 16.8 Å². The van der Waals surface area contributed by atoms with E-state index in [-0.39, 0.29) is 13.1 Å². The average Bonchev–Trinajstić information content (AvgIpc) is 3.15. The normalized spacial score (nSPS) is 10.8. The van der Waals surface area contributed by atoms with Gasteiger partial charge in [-0.25, -0.2) is 0 Å². The fourth-order valence-corrected chi connectivity index (χ4v) is 5.28. The quantitative estimate of drug-likeness (QED) is 0.226. The Morgan fingerprint density at radius 1 is 0.917 bits per heavy atom. The van der Waals surface area contributed by atoms with E-state index in [0.29, 0.717) is 42.8 Å². The molecular weight excluding hydrogens is 525 g/mol. The number of anilines is 2. The monoisotopic (exact) mass is 543 g/mol. The van der Waals surface area contributed by atoms with Crippen LogP contribution in [0.3, 0.4) is 0 Å². The molecule has 0 aliphatic heterocycles. The Morgan fingerprint density at radius 3 is 2.25 bits per heavy atom. The molecule has 0 radical (unpaired) electrons. The highest BCUT2D eigenvalue weighted by molar-refractivity contribution is 8.00. The van der Waals surface area contributed by atoms with Gasteiger partial charge in [0.25, 0.3) is 5.91 Å². The standard InChI is InChI=1S/C25H19Cl2N3O5S/c26-15-8-16(27)10-19(9-15)36-30(14-24(33)34)18-6-7-20-21(12-29(13-23(31)32)22(20)11-18)25(35)28-17-4-2-1-3-5-17/h1-12H,13-14H2,(H,28,35)(H,31,32)(H,33,34). The number of nitrogens with zero attached hydrogens (tertiary/aromatic N) is 2. The molecule has 0 bridgehead atoms. The minimum absolute atomic E-state index is 0.292. The number of aliphatic carboxylic acids is 2. The van der Waals surface area contributed by atoms with E-state index in [1.54, 1.807) is 60.7 Å². The second-order valence-corrected chi connectivity index (χ2v) is 9.68. The summed E-state index contributed by atoms with van der Waals surface area (Å²) in [6, 6.07) is 18.8. The Morgan fingerprint density at radius 2 is 1.61 bits per heavy atom. The maximum atomic E-state index is 13.0. The first-order valence-electron chi connectivity index (χ1n) is 10.5. The van der Waals surface area contributed by atoms with Gasteiger partial charge in [-0.15, -0.1) is 0 Å². The van der Waals surface area contributed by atoms with Gasteiger partial charge in [0.1, 0.15) is 13.1 Å². The lowest BCUT2D eigenvalue weighted by molar-refractivity contribution is -0.137. The molecule has 0 saturated heterocycles. The van der Waals surface area contributed by atoms with Crippen LogP contribution in [0, 0.1) is 0 Å². The number of aromatic nitrogens is 1. The van der Waals surface area contributed by atoms with Gasteiger partial charge in [0, 0.05) is 32.2 Å². The number of halogens is 2. The van der Waals surface area contributed by atoms with Crippen LogP contribution in [-0.2, 0) is 16.1 Å².